The lowest BCUT2D eigenvalue weighted by Gasteiger charge is -2.14. The largest absolute Gasteiger partial charge is 0.493 e. The van der Waals surface area contributed by atoms with E-state index >= 15 is 0 Å². The minimum absolute atomic E-state index is 0. The molecule has 0 aromatic heterocycles. The Morgan fingerprint density at radius 1 is 1.10 bits per heavy atom. The van der Waals surface area contributed by atoms with Gasteiger partial charge in [-0.1, -0.05) is 6.92 Å². The Labute approximate surface area is 189 Å². The summed E-state index contributed by atoms with van der Waals surface area (Å²) in [5, 5.41) is 6.41. The van der Waals surface area contributed by atoms with Gasteiger partial charge in [0.2, 0.25) is 0 Å². The molecule has 0 aliphatic heterocycles. The molecule has 0 unspecified atom stereocenters. The maximum atomic E-state index is 12.8. The van der Waals surface area contributed by atoms with Crippen LogP contribution in [-0.2, 0) is 11.3 Å². The molecule has 0 saturated heterocycles. The zero-order chi connectivity index (χ0) is 20.6. The van der Waals surface area contributed by atoms with Gasteiger partial charge in [0.25, 0.3) is 0 Å². The van der Waals surface area contributed by atoms with Crippen molar-refractivity contribution in [2.75, 3.05) is 33.4 Å². The van der Waals surface area contributed by atoms with Crippen LogP contribution in [0, 0.1) is 0 Å². The molecule has 0 saturated carbocycles. The summed E-state index contributed by atoms with van der Waals surface area (Å²) >= 11 is 0. The Bertz CT molecular complexity index is 578. The number of hydrogen-bond acceptors (Lipinski definition) is 4. The Morgan fingerprint density at radius 3 is 2.55 bits per heavy atom. The zero-order valence-electron chi connectivity index (χ0n) is 17.5. The quantitative estimate of drug-likeness (QED) is 0.160. The van der Waals surface area contributed by atoms with Crippen LogP contribution in [0.4, 0.5) is 8.78 Å². The summed E-state index contributed by atoms with van der Waals surface area (Å²) in [6, 6.07) is 4.94. The van der Waals surface area contributed by atoms with E-state index in [1.807, 2.05) is 13.8 Å². The normalized spacial score (nSPS) is 11.2. The van der Waals surface area contributed by atoms with Crippen molar-refractivity contribution in [3.8, 4) is 11.5 Å². The molecule has 1 aromatic carbocycles. The van der Waals surface area contributed by atoms with E-state index in [4.69, 9.17) is 9.47 Å². The molecule has 0 spiro atoms. The van der Waals surface area contributed by atoms with E-state index < -0.39 is 6.61 Å². The van der Waals surface area contributed by atoms with Gasteiger partial charge in [0.15, 0.2) is 5.96 Å². The number of unbranched alkanes of at least 4 members (excludes halogenated alkanes) is 2. The molecule has 0 amide bonds. The Hall–Kier alpha value is -1.36. The first kappa shape index (κ1) is 27.6. The second kappa shape index (κ2) is 17.5. The zero-order valence-corrected chi connectivity index (χ0v) is 19.8. The van der Waals surface area contributed by atoms with Crippen LogP contribution in [0.25, 0.3) is 0 Å². The van der Waals surface area contributed by atoms with Crippen LogP contribution < -0.4 is 20.1 Å². The number of nitrogens with one attached hydrogen (secondary N) is 2. The summed E-state index contributed by atoms with van der Waals surface area (Å²) < 4.78 is 40.7. The second-order valence-corrected chi connectivity index (χ2v) is 6.17. The third-order valence-corrected chi connectivity index (χ3v) is 3.80. The number of ether oxygens (including phenoxy) is 3. The number of guanidine groups is 1. The summed E-state index contributed by atoms with van der Waals surface area (Å²) in [6.07, 6.45) is 3.91. The van der Waals surface area contributed by atoms with E-state index in [1.165, 1.54) is 6.07 Å². The van der Waals surface area contributed by atoms with Crippen molar-refractivity contribution in [1.82, 2.24) is 10.6 Å². The highest BCUT2D eigenvalue weighted by Crippen LogP contribution is 2.27. The molecule has 168 valence electrons. The highest BCUT2D eigenvalue weighted by atomic mass is 127. The van der Waals surface area contributed by atoms with Crippen molar-refractivity contribution in [3.63, 3.8) is 0 Å². The Kier molecular flexibility index (Phi) is 16.7. The van der Waals surface area contributed by atoms with Gasteiger partial charge in [-0.25, -0.2) is 4.99 Å². The summed E-state index contributed by atoms with van der Waals surface area (Å²) in [7, 11) is 1.70. The van der Waals surface area contributed by atoms with Gasteiger partial charge < -0.3 is 24.8 Å². The number of aliphatic imine (C=N–C) groups is 1. The smallest absolute Gasteiger partial charge is 0.387 e. The Balaban J connectivity index is 0.00000784. The van der Waals surface area contributed by atoms with E-state index in [0.717, 1.165) is 38.8 Å². The minimum atomic E-state index is -2.90. The van der Waals surface area contributed by atoms with Gasteiger partial charge in [-0.15, -0.1) is 24.0 Å². The lowest BCUT2D eigenvalue weighted by molar-refractivity contribution is -0.0505. The number of methoxy groups -OCH3 is 1. The molecule has 0 aliphatic rings. The lowest BCUT2D eigenvalue weighted by atomic mass is 10.2. The molecular weight excluding hydrogens is 495 g/mol. The summed E-state index contributed by atoms with van der Waals surface area (Å²) in [5.41, 5.74) is 0.571. The monoisotopic (exact) mass is 529 g/mol. The minimum Gasteiger partial charge on any atom is -0.493 e. The fraction of sp³-hybridized carbons (Fsp3) is 0.650. The number of nitrogens with zero attached hydrogens (tertiary/aromatic N) is 1. The van der Waals surface area contributed by atoms with Gasteiger partial charge in [0.1, 0.15) is 11.5 Å². The average molecular weight is 529 g/mol. The van der Waals surface area contributed by atoms with Crippen LogP contribution in [0.15, 0.2) is 23.2 Å². The van der Waals surface area contributed by atoms with E-state index in [-0.39, 0.29) is 36.3 Å². The molecule has 0 aliphatic carbocycles. The molecule has 0 bridgehead atoms. The van der Waals surface area contributed by atoms with E-state index in [2.05, 4.69) is 20.4 Å². The predicted octanol–water partition coefficient (Wildman–Crippen LogP) is 4.57. The van der Waals surface area contributed by atoms with E-state index in [0.29, 0.717) is 30.4 Å². The van der Waals surface area contributed by atoms with Crippen molar-refractivity contribution < 1.29 is 23.0 Å². The second-order valence-electron chi connectivity index (χ2n) is 6.17. The number of benzene rings is 1. The third kappa shape index (κ3) is 12.7. The first-order valence-electron chi connectivity index (χ1n) is 9.82. The van der Waals surface area contributed by atoms with Crippen molar-refractivity contribution in [1.29, 1.82) is 0 Å². The molecule has 9 heteroatoms. The number of halogens is 3. The van der Waals surface area contributed by atoms with Gasteiger partial charge in [-0.05, 0) is 44.7 Å². The van der Waals surface area contributed by atoms with Crippen molar-refractivity contribution in [3.05, 3.63) is 23.8 Å². The molecule has 0 fully saturated rings. The van der Waals surface area contributed by atoms with Crippen LogP contribution in [0.5, 0.6) is 11.5 Å². The highest BCUT2D eigenvalue weighted by molar-refractivity contribution is 14.0. The molecule has 1 aromatic rings. The highest BCUT2D eigenvalue weighted by Gasteiger charge is 2.11. The first-order valence-corrected chi connectivity index (χ1v) is 9.82. The standard InChI is InChI=1S/C20H33F2N3O3.HI/c1-4-12-27-17-10-9-16(18(14-17)28-19(21)22)15-25-20(23-5-2)24-11-7-6-8-13-26-3;/h9-10,14,19H,4-8,11-13,15H2,1-3H3,(H2,23,24,25);1H. The fourth-order valence-electron chi connectivity index (χ4n) is 2.44. The van der Waals surface area contributed by atoms with E-state index in [9.17, 15) is 8.78 Å². The molecule has 29 heavy (non-hydrogen) atoms. The molecule has 0 heterocycles. The molecule has 6 nitrogen and oxygen atoms in total. The first-order chi connectivity index (χ1) is 13.6. The van der Waals surface area contributed by atoms with Crippen molar-refractivity contribution >= 4 is 29.9 Å². The molecule has 0 atom stereocenters. The van der Waals surface area contributed by atoms with Crippen LogP contribution in [-0.4, -0.2) is 46.0 Å². The maximum absolute atomic E-state index is 12.8. The summed E-state index contributed by atoms with van der Waals surface area (Å²) in [6.45, 7) is 4.04. The Morgan fingerprint density at radius 2 is 1.90 bits per heavy atom. The van der Waals surface area contributed by atoms with Gasteiger partial charge in [0.05, 0.1) is 13.2 Å². The number of alkyl halides is 2. The third-order valence-electron chi connectivity index (χ3n) is 3.80. The maximum Gasteiger partial charge on any atom is 0.387 e. The van der Waals surface area contributed by atoms with E-state index in [1.54, 1.807) is 19.2 Å². The van der Waals surface area contributed by atoms with Gasteiger partial charge in [-0.2, -0.15) is 8.78 Å². The van der Waals surface area contributed by atoms with Gasteiger partial charge in [-0.3, -0.25) is 0 Å². The summed E-state index contributed by atoms with van der Waals surface area (Å²) in [5.74, 6) is 1.23. The number of hydrogen-bond donors (Lipinski definition) is 2. The van der Waals surface area contributed by atoms with Crippen LogP contribution in [0.1, 0.15) is 45.1 Å². The number of rotatable bonds is 14. The average Bonchev–Trinajstić information content (AvgIpc) is 2.67. The van der Waals surface area contributed by atoms with Crippen LogP contribution in [0.2, 0.25) is 0 Å². The SMILES string of the molecule is CCCOc1ccc(CN=C(NCC)NCCCCCOC)c(OC(F)F)c1.I. The molecule has 1 rings (SSSR count). The fourth-order valence-corrected chi connectivity index (χ4v) is 2.44. The molecule has 0 radical (unpaired) electrons. The van der Waals surface area contributed by atoms with Crippen LogP contribution in [0.3, 0.4) is 0 Å². The lowest BCUT2D eigenvalue weighted by Crippen LogP contribution is -2.37. The topological polar surface area (TPSA) is 64.1 Å². The van der Waals surface area contributed by atoms with Crippen molar-refractivity contribution in [2.45, 2.75) is 52.7 Å². The predicted molar refractivity (Wildman–Crippen MR) is 123 cm³/mol. The van der Waals surface area contributed by atoms with Crippen molar-refractivity contribution in [2.24, 2.45) is 4.99 Å². The van der Waals surface area contributed by atoms with Gasteiger partial charge in [0, 0.05) is 38.4 Å². The molecule has 2 N–H and O–H groups in total. The van der Waals surface area contributed by atoms with Gasteiger partial charge >= 0.3 is 6.61 Å². The summed E-state index contributed by atoms with van der Waals surface area (Å²) in [4.78, 5) is 4.48. The van der Waals surface area contributed by atoms with Crippen LogP contribution >= 0.6 is 24.0 Å². The molecular formula is C20H34F2IN3O3.